The molecule has 0 amide bonds. The SMILES string of the molecule is CCC(C)n1ccnc1/C(O)=C/C(=O)/C=C/c1sc(C)nc1C(F)(F)F. The van der Waals surface area contributed by atoms with Crippen LogP contribution in [0.1, 0.15) is 47.7 Å². The maximum atomic E-state index is 12.9. The second-order valence-corrected chi connectivity index (χ2v) is 6.86. The molecule has 9 heteroatoms. The summed E-state index contributed by atoms with van der Waals surface area (Å²) in [5.41, 5.74) is -1.02. The minimum atomic E-state index is -4.59. The largest absolute Gasteiger partial charge is 0.504 e. The molecule has 140 valence electrons. The van der Waals surface area contributed by atoms with Crippen LogP contribution in [0, 0.1) is 6.92 Å². The molecule has 0 fully saturated rings. The van der Waals surface area contributed by atoms with Gasteiger partial charge >= 0.3 is 6.18 Å². The van der Waals surface area contributed by atoms with Crippen LogP contribution in [0.2, 0.25) is 0 Å². The van der Waals surface area contributed by atoms with Gasteiger partial charge in [-0.2, -0.15) is 13.2 Å². The molecule has 0 spiro atoms. The summed E-state index contributed by atoms with van der Waals surface area (Å²) in [7, 11) is 0. The third-order valence-electron chi connectivity index (χ3n) is 3.67. The van der Waals surface area contributed by atoms with E-state index in [1.165, 1.54) is 13.1 Å². The molecule has 0 saturated carbocycles. The summed E-state index contributed by atoms with van der Waals surface area (Å²) in [6, 6.07) is 0.0724. The molecule has 1 atom stereocenters. The number of alkyl halides is 3. The highest BCUT2D eigenvalue weighted by atomic mass is 32.1. The van der Waals surface area contributed by atoms with Crippen molar-refractivity contribution in [2.45, 2.75) is 39.4 Å². The van der Waals surface area contributed by atoms with Crippen molar-refractivity contribution in [3.8, 4) is 0 Å². The first-order chi connectivity index (χ1) is 12.1. The number of carbonyl (C=O) groups is 1. The van der Waals surface area contributed by atoms with E-state index in [1.54, 1.807) is 10.8 Å². The number of thiazole rings is 1. The van der Waals surface area contributed by atoms with Crippen molar-refractivity contribution < 1.29 is 23.1 Å². The van der Waals surface area contributed by atoms with Crippen molar-refractivity contribution in [2.24, 2.45) is 0 Å². The van der Waals surface area contributed by atoms with Gasteiger partial charge in [0.2, 0.25) is 0 Å². The summed E-state index contributed by atoms with van der Waals surface area (Å²) in [6.45, 7) is 5.36. The molecular weight excluding hydrogens is 367 g/mol. The van der Waals surface area contributed by atoms with E-state index in [0.29, 0.717) is 0 Å². The topological polar surface area (TPSA) is 68.0 Å². The molecule has 0 bridgehead atoms. The predicted molar refractivity (Wildman–Crippen MR) is 93.7 cm³/mol. The smallest absolute Gasteiger partial charge is 0.434 e. The van der Waals surface area contributed by atoms with Gasteiger partial charge in [0.25, 0.3) is 0 Å². The van der Waals surface area contributed by atoms with E-state index in [4.69, 9.17) is 0 Å². The van der Waals surface area contributed by atoms with Gasteiger partial charge in [0.15, 0.2) is 23.1 Å². The second kappa shape index (κ2) is 7.86. The fourth-order valence-electron chi connectivity index (χ4n) is 2.23. The van der Waals surface area contributed by atoms with E-state index in [0.717, 1.165) is 36.0 Å². The first kappa shape index (κ1) is 19.9. The number of ketones is 1. The number of hydrogen-bond acceptors (Lipinski definition) is 5. The zero-order valence-corrected chi connectivity index (χ0v) is 15.2. The monoisotopic (exact) mass is 385 g/mol. The Bertz CT molecular complexity index is 850. The zero-order chi connectivity index (χ0) is 19.5. The van der Waals surface area contributed by atoms with E-state index in [9.17, 15) is 23.1 Å². The summed E-state index contributed by atoms with van der Waals surface area (Å²) in [6.07, 6.45) is 2.35. The maximum Gasteiger partial charge on any atom is 0.434 e. The fraction of sp³-hybridized carbons (Fsp3) is 0.353. The summed E-state index contributed by atoms with van der Waals surface area (Å²) >= 11 is 0.839. The van der Waals surface area contributed by atoms with Gasteiger partial charge in [0, 0.05) is 24.5 Å². The molecule has 2 aromatic heterocycles. The highest BCUT2D eigenvalue weighted by molar-refractivity contribution is 7.12. The molecule has 0 aliphatic carbocycles. The van der Waals surface area contributed by atoms with Gasteiger partial charge in [0.05, 0.1) is 9.88 Å². The molecule has 2 aromatic rings. The van der Waals surface area contributed by atoms with E-state index in [1.807, 2.05) is 13.8 Å². The minimum absolute atomic E-state index is 0.0724. The first-order valence-corrected chi connectivity index (χ1v) is 8.65. The quantitative estimate of drug-likeness (QED) is 0.572. The highest BCUT2D eigenvalue weighted by Crippen LogP contribution is 2.34. The number of imidazole rings is 1. The molecule has 0 aliphatic rings. The summed E-state index contributed by atoms with van der Waals surface area (Å²) < 4.78 is 40.4. The van der Waals surface area contributed by atoms with Crippen molar-refractivity contribution in [2.75, 3.05) is 0 Å². The van der Waals surface area contributed by atoms with Crippen molar-refractivity contribution in [1.29, 1.82) is 0 Å². The Labute approximate surface area is 152 Å². The molecular formula is C17H18F3N3O2S. The lowest BCUT2D eigenvalue weighted by Crippen LogP contribution is -2.08. The number of hydrogen-bond donors (Lipinski definition) is 1. The predicted octanol–water partition coefficient (Wildman–Crippen LogP) is 4.82. The van der Waals surface area contributed by atoms with Crippen molar-refractivity contribution >= 4 is 29.0 Å². The Morgan fingerprint density at radius 1 is 1.46 bits per heavy atom. The summed E-state index contributed by atoms with van der Waals surface area (Å²) in [5, 5.41) is 10.4. The second-order valence-electron chi connectivity index (χ2n) is 5.62. The molecule has 2 heterocycles. The number of aryl methyl sites for hydroxylation is 1. The average molecular weight is 385 g/mol. The maximum absolute atomic E-state index is 12.9. The Balaban J connectivity index is 2.22. The van der Waals surface area contributed by atoms with Crippen LogP contribution in [0.4, 0.5) is 13.2 Å². The number of aromatic nitrogens is 3. The molecule has 5 nitrogen and oxygen atoms in total. The van der Waals surface area contributed by atoms with E-state index in [-0.39, 0.29) is 27.5 Å². The lowest BCUT2D eigenvalue weighted by Gasteiger charge is -2.13. The van der Waals surface area contributed by atoms with Gasteiger partial charge in [-0.05, 0) is 32.4 Å². The average Bonchev–Trinajstić information content (AvgIpc) is 3.18. The zero-order valence-electron chi connectivity index (χ0n) is 14.4. The van der Waals surface area contributed by atoms with Crippen LogP contribution in [0.15, 0.2) is 24.5 Å². The Morgan fingerprint density at radius 2 is 2.15 bits per heavy atom. The standard InChI is InChI=1S/C17H18F3N3O2S/c1-4-10(2)23-8-7-21-16(23)13(25)9-12(24)5-6-14-15(17(18,19)20)22-11(3)26-14/h5-10,25H,4H2,1-3H3/b6-5+,13-9-. The summed E-state index contributed by atoms with van der Waals surface area (Å²) in [5.74, 6) is -0.771. The van der Waals surface area contributed by atoms with Gasteiger partial charge < -0.3 is 9.67 Å². The molecule has 0 radical (unpaired) electrons. The van der Waals surface area contributed by atoms with Crippen LogP contribution in [0.5, 0.6) is 0 Å². The minimum Gasteiger partial charge on any atom is -0.504 e. The van der Waals surface area contributed by atoms with Crippen molar-refractivity contribution in [3.63, 3.8) is 0 Å². The van der Waals surface area contributed by atoms with E-state index in [2.05, 4.69) is 9.97 Å². The van der Waals surface area contributed by atoms with Gasteiger partial charge in [-0.1, -0.05) is 6.92 Å². The Morgan fingerprint density at radius 3 is 2.77 bits per heavy atom. The van der Waals surface area contributed by atoms with Crippen molar-refractivity contribution in [3.05, 3.63) is 45.9 Å². The molecule has 1 unspecified atom stereocenters. The van der Waals surface area contributed by atoms with E-state index < -0.39 is 17.7 Å². The molecule has 26 heavy (non-hydrogen) atoms. The molecule has 0 aromatic carbocycles. The third kappa shape index (κ3) is 4.60. The van der Waals surface area contributed by atoms with Crippen LogP contribution in [-0.2, 0) is 11.0 Å². The molecule has 0 saturated heterocycles. The van der Waals surface area contributed by atoms with Crippen molar-refractivity contribution in [1.82, 2.24) is 14.5 Å². The van der Waals surface area contributed by atoms with Gasteiger partial charge in [-0.15, -0.1) is 11.3 Å². The number of halogens is 3. The number of nitrogens with zero attached hydrogens (tertiary/aromatic N) is 3. The normalized spacial score (nSPS) is 14.2. The number of carbonyl (C=O) groups excluding carboxylic acids is 1. The fourth-order valence-corrected chi connectivity index (χ4v) is 3.08. The van der Waals surface area contributed by atoms with Gasteiger partial charge in [-0.3, -0.25) is 4.79 Å². The molecule has 1 N–H and O–H groups in total. The van der Waals surface area contributed by atoms with Crippen LogP contribution >= 0.6 is 11.3 Å². The Hall–Kier alpha value is -2.42. The highest BCUT2D eigenvalue weighted by Gasteiger charge is 2.36. The number of rotatable bonds is 6. The van der Waals surface area contributed by atoms with Crippen LogP contribution in [0.3, 0.4) is 0 Å². The molecule has 0 aliphatic heterocycles. The van der Waals surface area contributed by atoms with Crippen LogP contribution in [0.25, 0.3) is 11.8 Å². The lowest BCUT2D eigenvalue weighted by atomic mass is 10.2. The molecule has 2 rings (SSSR count). The van der Waals surface area contributed by atoms with Crippen LogP contribution < -0.4 is 0 Å². The number of aliphatic hydroxyl groups excluding tert-OH is 1. The van der Waals surface area contributed by atoms with Gasteiger partial charge in [0.1, 0.15) is 0 Å². The Kier molecular flexibility index (Phi) is 6.01. The first-order valence-electron chi connectivity index (χ1n) is 7.84. The number of aliphatic hydroxyl groups is 1. The van der Waals surface area contributed by atoms with E-state index >= 15 is 0 Å². The summed E-state index contributed by atoms with van der Waals surface area (Å²) in [4.78, 5) is 19.3. The number of allylic oxidation sites excluding steroid dienone is 2. The third-order valence-corrected chi connectivity index (χ3v) is 4.61. The van der Waals surface area contributed by atoms with Gasteiger partial charge in [-0.25, -0.2) is 9.97 Å². The lowest BCUT2D eigenvalue weighted by molar-refractivity contribution is -0.140. The van der Waals surface area contributed by atoms with Crippen LogP contribution in [-0.4, -0.2) is 25.4 Å².